The number of rotatable bonds is 3. The fourth-order valence-corrected chi connectivity index (χ4v) is 1.25. The van der Waals surface area contributed by atoms with Crippen molar-refractivity contribution in [3.8, 4) is 0 Å². The Morgan fingerprint density at radius 3 is 2.79 bits per heavy atom. The lowest BCUT2D eigenvalue weighted by Gasteiger charge is -2.03. The Balaban J connectivity index is 2.19. The zero-order valence-corrected chi connectivity index (χ0v) is 7.67. The fraction of sp³-hybridized carbons (Fsp3) is 0.222. The molecular formula is C9H11N5. The van der Waals surface area contributed by atoms with Gasteiger partial charge < -0.3 is 10.3 Å². The number of nitrogens with zero attached hydrogens (tertiary/aromatic N) is 4. The molecule has 0 amide bonds. The molecule has 0 unspecified atom stereocenters. The largest absolute Gasteiger partial charge is 0.324 e. The number of pyridine rings is 1. The van der Waals surface area contributed by atoms with Gasteiger partial charge in [0.25, 0.3) is 0 Å². The van der Waals surface area contributed by atoms with Crippen LogP contribution in [-0.4, -0.2) is 19.7 Å². The maximum atomic E-state index is 5.51. The van der Waals surface area contributed by atoms with Gasteiger partial charge in [0.2, 0.25) is 0 Å². The first-order valence-corrected chi connectivity index (χ1v) is 4.36. The summed E-state index contributed by atoms with van der Waals surface area (Å²) in [5.74, 6) is 0.793. The molecule has 5 nitrogen and oxygen atoms in total. The van der Waals surface area contributed by atoms with Crippen LogP contribution < -0.4 is 5.73 Å². The van der Waals surface area contributed by atoms with Gasteiger partial charge in [-0.1, -0.05) is 0 Å². The van der Waals surface area contributed by atoms with E-state index in [1.54, 1.807) is 18.7 Å². The standard InChI is InChI=1S/C9H11N5/c10-5-9-13-12-7-14(9)6-8-1-3-11-4-2-8/h1-4,7H,5-6,10H2. The van der Waals surface area contributed by atoms with Crippen molar-refractivity contribution in [1.82, 2.24) is 19.7 Å². The van der Waals surface area contributed by atoms with Gasteiger partial charge in [-0.25, -0.2) is 0 Å². The van der Waals surface area contributed by atoms with Crippen LogP contribution in [0.5, 0.6) is 0 Å². The molecular weight excluding hydrogens is 178 g/mol. The van der Waals surface area contributed by atoms with E-state index in [9.17, 15) is 0 Å². The lowest BCUT2D eigenvalue weighted by Crippen LogP contribution is -2.08. The molecule has 0 atom stereocenters. The summed E-state index contributed by atoms with van der Waals surface area (Å²) < 4.78 is 1.93. The number of nitrogens with two attached hydrogens (primary N) is 1. The summed E-state index contributed by atoms with van der Waals surface area (Å²) in [6, 6.07) is 3.92. The number of hydrogen-bond acceptors (Lipinski definition) is 4. The van der Waals surface area contributed by atoms with Crippen LogP contribution >= 0.6 is 0 Å². The van der Waals surface area contributed by atoms with E-state index in [0.29, 0.717) is 6.54 Å². The van der Waals surface area contributed by atoms with E-state index in [1.807, 2.05) is 16.7 Å². The lowest BCUT2D eigenvalue weighted by atomic mass is 10.3. The van der Waals surface area contributed by atoms with Crippen molar-refractivity contribution in [2.45, 2.75) is 13.1 Å². The second-order valence-corrected chi connectivity index (χ2v) is 2.93. The quantitative estimate of drug-likeness (QED) is 0.747. The molecule has 0 aromatic carbocycles. The van der Waals surface area contributed by atoms with E-state index >= 15 is 0 Å². The smallest absolute Gasteiger partial charge is 0.146 e. The molecule has 2 aromatic rings. The maximum Gasteiger partial charge on any atom is 0.146 e. The zero-order chi connectivity index (χ0) is 9.80. The van der Waals surface area contributed by atoms with E-state index in [0.717, 1.165) is 17.9 Å². The van der Waals surface area contributed by atoms with Crippen LogP contribution in [-0.2, 0) is 13.1 Å². The van der Waals surface area contributed by atoms with Gasteiger partial charge in [-0.05, 0) is 17.7 Å². The fourth-order valence-electron chi connectivity index (χ4n) is 1.25. The Bertz CT molecular complexity index is 395. The summed E-state index contributed by atoms with van der Waals surface area (Å²) in [5.41, 5.74) is 6.67. The summed E-state index contributed by atoms with van der Waals surface area (Å²) in [5, 5.41) is 7.71. The molecule has 5 heteroatoms. The van der Waals surface area contributed by atoms with E-state index in [2.05, 4.69) is 15.2 Å². The van der Waals surface area contributed by atoms with E-state index in [-0.39, 0.29) is 0 Å². The number of aromatic nitrogens is 4. The zero-order valence-electron chi connectivity index (χ0n) is 7.67. The Labute approximate surface area is 81.6 Å². The van der Waals surface area contributed by atoms with Gasteiger partial charge in [0.15, 0.2) is 0 Å². The second-order valence-electron chi connectivity index (χ2n) is 2.93. The first-order chi connectivity index (χ1) is 6.90. The average molecular weight is 189 g/mol. The van der Waals surface area contributed by atoms with Crippen molar-refractivity contribution in [3.63, 3.8) is 0 Å². The maximum absolute atomic E-state index is 5.51. The van der Waals surface area contributed by atoms with Gasteiger partial charge in [-0.2, -0.15) is 0 Å². The molecule has 72 valence electrons. The molecule has 0 aliphatic carbocycles. The second kappa shape index (κ2) is 3.97. The predicted octanol–water partition coefficient (Wildman–Crippen LogP) is 0.180. The van der Waals surface area contributed by atoms with Crippen LogP contribution in [0, 0.1) is 0 Å². The van der Waals surface area contributed by atoms with Gasteiger partial charge in [-0.15, -0.1) is 10.2 Å². The third-order valence-electron chi connectivity index (χ3n) is 1.98. The molecule has 0 fully saturated rings. The average Bonchev–Trinajstić information content (AvgIpc) is 2.67. The monoisotopic (exact) mass is 189 g/mol. The molecule has 0 saturated heterocycles. The SMILES string of the molecule is NCc1nncn1Cc1ccncc1. The van der Waals surface area contributed by atoms with Crippen molar-refractivity contribution in [3.05, 3.63) is 42.2 Å². The Morgan fingerprint density at radius 2 is 2.07 bits per heavy atom. The van der Waals surface area contributed by atoms with E-state index in [1.165, 1.54) is 0 Å². The van der Waals surface area contributed by atoms with Gasteiger partial charge in [0.1, 0.15) is 12.2 Å². The molecule has 0 spiro atoms. The molecule has 2 rings (SSSR count). The Kier molecular flexibility index (Phi) is 2.51. The normalized spacial score (nSPS) is 10.4. The Morgan fingerprint density at radius 1 is 1.29 bits per heavy atom. The van der Waals surface area contributed by atoms with Gasteiger partial charge in [-0.3, -0.25) is 4.98 Å². The highest BCUT2D eigenvalue weighted by atomic mass is 15.3. The third-order valence-corrected chi connectivity index (χ3v) is 1.98. The van der Waals surface area contributed by atoms with Crippen molar-refractivity contribution < 1.29 is 0 Å². The molecule has 0 bridgehead atoms. The first kappa shape index (κ1) is 8.83. The minimum atomic E-state index is 0.408. The highest BCUT2D eigenvalue weighted by molar-refractivity contribution is 5.10. The highest BCUT2D eigenvalue weighted by Gasteiger charge is 2.01. The summed E-state index contributed by atoms with van der Waals surface area (Å²) in [7, 11) is 0. The van der Waals surface area contributed by atoms with Crippen LogP contribution in [0.2, 0.25) is 0 Å². The molecule has 2 heterocycles. The molecule has 2 aromatic heterocycles. The third kappa shape index (κ3) is 1.77. The Hall–Kier alpha value is -1.75. The lowest BCUT2D eigenvalue weighted by molar-refractivity contribution is 0.723. The van der Waals surface area contributed by atoms with Crippen LogP contribution in [0.25, 0.3) is 0 Å². The van der Waals surface area contributed by atoms with E-state index < -0.39 is 0 Å². The summed E-state index contributed by atoms with van der Waals surface area (Å²) in [4.78, 5) is 3.95. The minimum absolute atomic E-state index is 0.408. The highest BCUT2D eigenvalue weighted by Crippen LogP contribution is 2.02. The van der Waals surface area contributed by atoms with Gasteiger partial charge in [0.05, 0.1) is 13.1 Å². The summed E-state index contributed by atoms with van der Waals surface area (Å²) in [6.07, 6.45) is 5.21. The van der Waals surface area contributed by atoms with Crippen molar-refractivity contribution in [1.29, 1.82) is 0 Å². The summed E-state index contributed by atoms with van der Waals surface area (Å²) in [6.45, 7) is 1.15. The molecule has 0 aliphatic heterocycles. The van der Waals surface area contributed by atoms with Crippen molar-refractivity contribution in [2.24, 2.45) is 5.73 Å². The van der Waals surface area contributed by atoms with Gasteiger partial charge >= 0.3 is 0 Å². The van der Waals surface area contributed by atoms with Crippen molar-refractivity contribution in [2.75, 3.05) is 0 Å². The van der Waals surface area contributed by atoms with Crippen LogP contribution in [0.15, 0.2) is 30.9 Å². The summed E-state index contributed by atoms with van der Waals surface area (Å²) >= 11 is 0. The van der Waals surface area contributed by atoms with Crippen LogP contribution in [0.1, 0.15) is 11.4 Å². The molecule has 0 radical (unpaired) electrons. The molecule has 0 saturated carbocycles. The molecule has 2 N–H and O–H groups in total. The number of hydrogen-bond donors (Lipinski definition) is 1. The van der Waals surface area contributed by atoms with Crippen molar-refractivity contribution >= 4 is 0 Å². The molecule has 0 aliphatic rings. The molecule has 14 heavy (non-hydrogen) atoms. The van der Waals surface area contributed by atoms with Crippen LogP contribution in [0.4, 0.5) is 0 Å². The minimum Gasteiger partial charge on any atom is -0.324 e. The van der Waals surface area contributed by atoms with E-state index in [4.69, 9.17) is 5.73 Å². The van der Waals surface area contributed by atoms with Gasteiger partial charge in [0, 0.05) is 12.4 Å². The predicted molar refractivity (Wildman–Crippen MR) is 51.3 cm³/mol. The topological polar surface area (TPSA) is 69.6 Å². The first-order valence-electron chi connectivity index (χ1n) is 4.36. The van der Waals surface area contributed by atoms with Crippen LogP contribution in [0.3, 0.4) is 0 Å².